The molecular formula is C15H18BrClN2O2. The highest BCUT2D eigenvalue weighted by molar-refractivity contribution is 9.10. The number of hydrogen-bond donors (Lipinski definition) is 0. The first-order valence-electron chi connectivity index (χ1n) is 7.02. The van der Waals surface area contributed by atoms with E-state index in [0.717, 1.165) is 34.1 Å². The van der Waals surface area contributed by atoms with Crippen LogP contribution < -0.4 is 5.69 Å². The number of ether oxygens (including phenoxy) is 1. The van der Waals surface area contributed by atoms with Crippen molar-refractivity contribution in [1.82, 2.24) is 9.13 Å². The van der Waals surface area contributed by atoms with Crippen molar-refractivity contribution in [3.63, 3.8) is 0 Å². The first-order chi connectivity index (χ1) is 9.91. The molecule has 0 saturated carbocycles. The minimum Gasteiger partial charge on any atom is -0.376 e. The predicted octanol–water partition coefficient (Wildman–Crippen LogP) is 3.34. The summed E-state index contributed by atoms with van der Waals surface area (Å²) in [5, 5.41) is -0.225. The Bertz CT molecular complexity index is 752. The van der Waals surface area contributed by atoms with Gasteiger partial charge in [-0.3, -0.25) is 9.13 Å². The third kappa shape index (κ3) is 2.35. The second-order valence-corrected chi connectivity index (χ2v) is 7.09. The Morgan fingerprint density at radius 1 is 1.33 bits per heavy atom. The van der Waals surface area contributed by atoms with Crippen LogP contribution in [0, 0.1) is 5.92 Å². The molecule has 3 unspecified atom stereocenters. The van der Waals surface area contributed by atoms with Crippen molar-refractivity contribution >= 4 is 38.6 Å². The van der Waals surface area contributed by atoms with Crippen molar-refractivity contribution in [2.45, 2.75) is 24.8 Å². The van der Waals surface area contributed by atoms with Gasteiger partial charge in [-0.25, -0.2) is 4.79 Å². The van der Waals surface area contributed by atoms with Crippen LogP contribution in [0.25, 0.3) is 11.0 Å². The van der Waals surface area contributed by atoms with E-state index in [2.05, 4.69) is 22.9 Å². The Hall–Kier alpha value is -0.780. The fourth-order valence-electron chi connectivity index (χ4n) is 3.02. The normalized spacial score (nSPS) is 23.9. The highest BCUT2D eigenvalue weighted by Gasteiger charge is 2.33. The summed E-state index contributed by atoms with van der Waals surface area (Å²) in [5.74, 6) is 0.440. The van der Waals surface area contributed by atoms with E-state index in [0.29, 0.717) is 5.92 Å². The summed E-state index contributed by atoms with van der Waals surface area (Å²) < 4.78 is 9.98. The number of rotatable bonds is 2. The van der Waals surface area contributed by atoms with Crippen molar-refractivity contribution in [2.75, 3.05) is 6.61 Å². The van der Waals surface area contributed by atoms with E-state index in [4.69, 9.17) is 16.3 Å². The number of fused-ring (bicyclic) bond motifs is 1. The molecule has 114 valence electrons. The van der Waals surface area contributed by atoms with Gasteiger partial charge in [-0.05, 0) is 30.0 Å². The van der Waals surface area contributed by atoms with Gasteiger partial charge in [0.1, 0.15) is 0 Å². The van der Waals surface area contributed by atoms with Crippen LogP contribution in [-0.4, -0.2) is 21.8 Å². The number of halogens is 2. The lowest BCUT2D eigenvalue weighted by Crippen LogP contribution is -2.20. The number of imidazole rings is 1. The van der Waals surface area contributed by atoms with Crippen LogP contribution in [0.4, 0.5) is 0 Å². The fourth-order valence-corrected chi connectivity index (χ4v) is 4.23. The summed E-state index contributed by atoms with van der Waals surface area (Å²) in [4.78, 5) is 12.0. The smallest absolute Gasteiger partial charge is 0.328 e. The molecule has 2 heterocycles. The molecule has 1 aliphatic rings. The van der Waals surface area contributed by atoms with Gasteiger partial charge in [-0.2, -0.15) is 0 Å². The Labute approximate surface area is 136 Å². The van der Waals surface area contributed by atoms with E-state index in [1.54, 1.807) is 23.2 Å². The zero-order valence-electron chi connectivity index (χ0n) is 12.3. The Morgan fingerprint density at radius 3 is 2.52 bits per heavy atom. The van der Waals surface area contributed by atoms with Gasteiger partial charge in [0.25, 0.3) is 0 Å². The SMILES string of the molecule is CC1CCOC1C(Cl)c1cc2c(cc1Br)n(C)c(=O)n2C. The average molecular weight is 374 g/mol. The van der Waals surface area contributed by atoms with Gasteiger partial charge in [-0.1, -0.05) is 22.9 Å². The van der Waals surface area contributed by atoms with Gasteiger partial charge in [0.05, 0.1) is 22.5 Å². The summed E-state index contributed by atoms with van der Waals surface area (Å²) in [6.07, 6.45) is 1.05. The minimum atomic E-state index is -0.225. The predicted molar refractivity (Wildman–Crippen MR) is 88.0 cm³/mol. The lowest BCUT2D eigenvalue weighted by atomic mass is 9.97. The monoisotopic (exact) mass is 372 g/mol. The van der Waals surface area contributed by atoms with Crippen LogP contribution in [0.2, 0.25) is 0 Å². The molecule has 1 saturated heterocycles. The summed E-state index contributed by atoms with van der Waals surface area (Å²) in [6, 6.07) is 3.95. The van der Waals surface area contributed by atoms with Crippen molar-refractivity contribution in [3.05, 3.63) is 32.7 Å². The largest absolute Gasteiger partial charge is 0.376 e. The maximum absolute atomic E-state index is 12.0. The van der Waals surface area contributed by atoms with Gasteiger partial charge in [0, 0.05) is 25.2 Å². The van der Waals surface area contributed by atoms with Crippen molar-refractivity contribution in [2.24, 2.45) is 20.0 Å². The maximum Gasteiger partial charge on any atom is 0.328 e. The average Bonchev–Trinajstić information content (AvgIpc) is 2.97. The molecule has 3 atom stereocenters. The zero-order chi connectivity index (χ0) is 15.3. The van der Waals surface area contributed by atoms with Gasteiger partial charge in [0.2, 0.25) is 0 Å². The van der Waals surface area contributed by atoms with E-state index >= 15 is 0 Å². The van der Waals surface area contributed by atoms with E-state index in [9.17, 15) is 4.79 Å². The summed E-state index contributed by atoms with van der Waals surface area (Å²) >= 11 is 10.3. The van der Waals surface area contributed by atoms with E-state index < -0.39 is 0 Å². The first kappa shape index (κ1) is 15.1. The Morgan fingerprint density at radius 2 is 1.95 bits per heavy atom. The summed E-state index contributed by atoms with van der Waals surface area (Å²) in [7, 11) is 3.55. The van der Waals surface area contributed by atoms with Crippen LogP contribution >= 0.6 is 27.5 Å². The molecule has 1 aromatic carbocycles. The van der Waals surface area contributed by atoms with Gasteiger partial charge >= 0.3 is 5.69 Å². The van der Waals surface area contributed by atoms with Crippen LogP contribution in [-0.2, 0) is 18.8 Å². The second-order valence-electron chi connectivity index (χ2n) is 5.77. The number of aryl methyl sites for hydroxylation is 2. The molecule has 1 aromatic heterocycles. The van der Waals surface area contributed by atoms with Crippen LogP contribution in [0.1, 0.15) is 24.3 Å². The molecule has 1 aliphatic heterocycles. The number of nitrogens with zero attached hydrogens (tertiary/aromatic N) is 2. The first-order valence-corrected chi connectivity index (χ1v) is 8.25. The maximum atomic E-state index is 12.0. The van der Waals surface area contributed by atoms with E-state index in [1.807, 2.05) is 12.1 Å². The lowest BCUT2D eigenvalue weighted by molar-refractivity contribution is 0.0902. The highest BCUT2D eigenvalue weighted by Crippen LogP contribution is 2.39. The number of aromatic nitrogens is 2. The molecule has 21 heavy (non-hydrogen) atoms. The van der Waals surface area contributed by atoms with Crippen molar-refractivity contribution in [1.29, 1.82) is 0 Å². The van der Waals surface area contributed by atoms with E-state index in [-0.39, 0.29) is 17.2 Å². The third-order valence-corrected chi connectivity index (χ3v) is 5.59. The number of alkyl halides is 1. The van der Waals surface area contributed by atoms with Crippen LogP contribution in [0.3, 0.4) is 0 Å². The molecule has 6 heteroatoms. The molecule has 4 nitrogen and oxygen atoms in total. The number of benzene rings is 1. The van der Waals surface area contributed by atoms with Gasteiger partial charge in [-0.15, -0.1) is 11.6 Å². The molecule has 0 aliphatic carbocycles. The molecule has 3 rings (SSSR count). The fraction of sp³-hybridized carbons (Fsp3) is 0.533. The van der Waals surface area contributed by atoms with Crippen molar-refractivity contribution < 1.29 is 4.74 Å². The van der Waals surface area contributed by atoms with Crippen molar-refractivity contribution in [3.8, 4) is 0 Å². The summed E-state index contributed by atoms with van der Waals surface area (Å²) in [5.41, 5.74) is 2.72. The zero-order valence-corrected chi connectivity index (χ0v) is 14.6. The molecule has 0 N–H and O–H groups in total. The molecule has 2 aromatic rings. The van der Waals surface area contributed by atoms with Gasteiger partial charge in [0.15, 0.2) is 0 Å². The third-order valence-electron chi connectivity index (χ3n) is 4.42. The highest BCUT2D eigenvalue weighted by atomic mass is 79.9. The molecule has 0 radical (unpaired) electrons. The minimum absolute atomic E-state index is 0.0150. The molecular weight excluding hydrogens is 356 g/mol. The molecule has 0 spiro atoms. The standard InChI is InChI=1S/C15H18BrClN2O2/c1-8-4-5-21-14(8)13(17)9-6-11-12(7-10(9)16)19(3)15(20)18(11)2/h6-8,13-14H,4-5H2,1-3H3. The Balaban J connectivity index is 2.13. The van der Waals surface area contributed by atoms with E-state index in [1.165, 1.54) is 0 Å². The summed E-state index contributed by atoms with van der Waals surface area (Å²) in [6.45, 7) is 2.93. The lowest BCUT2D eigenvalue weighted by Gasteiger charge is -2.22. The molecule has 0 bridgehead atoms. The molecule has 1 fully saturated rings. The quantitative estimate of drug-likeness (QED) is 0.757. The molecule has 0 amide bonds. The number of hydrogen-bond acceptors (Lipinski definition) is 2. The Kier molecular flexibility index (Phi) is 3.93. The van der Waals surface area contributed by atoms with Gasteiger partial charge < -0.3 is 4.74 Å². The van der Waals surface area contributed by atoms with Crippen LogP contribution in [0.5, 0.6) is 0 Å². The van der Waals surface area contributed by atoms with Crippen LogP contribution in [0.15, 0.2) is 21.4 Å². The topological polar surface area (TPSA) is 36.2 Å². The second kappa shape index (κ2) is 5.45.